The lowest BCUT2D eigenvalue weighted by Crippen LogP contribution is -2.54. The van der Waals surface area contributed by atoms with E-state index < -0.39 is 0 Å². The average molecular weight is 333 g/mol. The van der Waals surface area contributed by atoms with Crippen LogP contribution in [-0.2, 0) is 4.79 Å². The van der Waals surface area contributed by atoms with Gasteiger partial charge in [-0.25, -0.2) is 9.97 Å². The van der Waals surface area contributed by atoms with Crippen LogP contribution >= 0.6 is 0 Å². The second-order valence-electron chi connectivity index (χ2n) is 7.24. The smallest absolute Gasteiger partial charge is 0.237 e. The van der Waals surface area contributed by atoms with Gasteiger partial charge in [-0.05, 0) is 27.7 Å². The Morgan fingerprint density at radius 2 is 1.71 bits per heavy atom. The quantitative estimate of drug-likeness (QED) is 0.892. The summed E-state index contributed by atoms with van der Waals surface area (Å²) in [5.74, 6) is 2.34. The first kappa shape index (κ1) is 18.6. The van der Waals surface area contributed by atoms with Crippen molar-refractivity contribution in [2.45, 2.75) is 59.5 Å². The number of hydrogen-bond donors (Lipinski definition) is 1. The maximum absolute atomic E-state index is 12.2. The van der Waals surface area contributed by atoms with Gasteiger partial charge in [0.25, 0.3) is 0 Å². The predicted octanol–water partition coefficient (Wildman–Crippen LogP) is 1.94. The first-order valence-corrected chi connectivity index (χ1v) is 8.93. The maximum atomic E-state index is 12.2. The van der Waals surface area contributed by atoms with Crippen LogP contribution in [0.5, 0.6) is 0 Å². The standard InChI is InChI=1S/C18H31N5O/c1-12(2)17-20-14(5)11-16(21-17)23-9-7-22(8-10-23)15(6)18(24)19-13(3)4/h11-13,15H,7-10H2,1-6H3,(H,19,24). The van der Waals surface area contributed by atoms with Gasteiger partial charge in [0, 0.05) is 49.9 Å². The molecule has 0 aliphatic carbocycles. The summed E-state index contributed by atoms with van der Waals surface area (Å²) in [6.45, 7) is 15.7. The minimum Gasteiger partial charge on any atom is -0.354 e. The molecule has 0 bridgehead atoms. The van der Waals surface area contributed by atoms with Gasteiger partial charge in [0.1, 0.15) is 11.6 Å². The van der Waals surface area contributed by atoms with E-state index in [-0.39, 0.29) is 18.0 Å². The van der Waals surface area contributed by atoms with E-state index in [1.54, 1.807) is 0 Å². The van der Waals surface area contributed by atoms with Crippen LogP contribution in [0.4, 0.5) is 5.82 Å². The Labute approximate surface area is 145 Å². The molecule has 2 rings (SSSR count). The molecule has 0 radical (unpaired) electrons. The second kappa shape index (κ2) is 7.92. The van der Waals surface area contributed by atoms with Crippen molar-refractivity contribution in [3.05, 3.63) is 17.6 Å². The van der Waals surface area contributed by atoms with Gasteiger partial charge in [0.15, 0.2) is 0 Å². The van der Waals surface area contributed by atoms with Gasteiger partial charge >= 0.3 is 0 Å². The van der Waals surface area contributed by atoms with E-state index in [1.165, 1.54) is 0 Å². The molecule has 1 atom stereocenters. The summed E-state index contributed by atoms with van der Waals surface area (Å²) >= 11 is 0. The number of carbonyl (C=O) groups excluding carboxylic acids is 1. The van der Waals surface area contributed by atoms with Crippen molar-refractivity contribution < 1.29 is 4.79 Å². The van der Waals surface area contributed by atoms with E-state index in [1.807, 2.05) is 27.7 Å². The van der Waals surface area contributed by atoms with E-state index in [0.29, 0.717) is 5.92 Å². The topological polar surface area (TPSA) is 61.4 Å². The zero-order valence-electron chi connectivity index (χ0n) is 15.8. The predicted molar refractivity (Wildman–Crippen MR) is 97.4 cm³/mol. The van der Waals surface area contributed by atoms with Gasteiger partial charge in [-0.1, -0.05) is 13.8 Å². The van der Waals surface area contributed by atoms with Crippen LogP contribution in [0.2, 0.25) is 0 Å². The summed E-state index contributed by atoms with van der Waals surface area (Å²) in [4.78, 5) is 26.0. The highest BCUT2D eigenvalue weighted by atomic mass is 16.2. The van der Waals surface area contributed by atoms with Gasteiger partial charge in [0.2, 0.25) is 5.91 Å². The second-order valence-corrected chi connectivity index (χ2v) is 7.24. The fraction of sp³-hybridized carbons (Fsp3) is 0.722. The molecule has 6 heteroatoms. The van der Waals surface area contributed by atoms with Crippen LogP contribution < -0.4 is 10.2 Å². The number of rotatable bonds is 5. The number of hydrogen-bond acceptors (Lipinski definition) is 5. The molecular formula is C18H31N5O. The van der Waals surface area contributed by atoms with E-state index in [0.717, 1.165) is 43.5 Å². The molecule has 1 aliphatic rings. The number of aryl methyl sites for hydroxylation is 1. The highest BCUT2D eigenvalue weighted by molar-refractivity contribution is 5.81. The Kier molecular flexibility index (Phi) is 6.15. The molecule has 1 aromatic rings. The number of carbonyl (C=O) groups is 1. The van der Waals surface area contributed by atoms with Crippen molar-refractivity contribution in [2.24, 2.45) is 0 Å². The van der Waals surface area contributed by atoms with E-state index in [2.05, 4.69) is 40.0 Å². The molecule has 6 nitrogen and oxygen atoms in total. The van der Waals surface area contributed by atoms with Crippen molar-refractivity contribution in [1.82, 2.24) is 20.2 Å². The monoisotopic (exact) mass is 333 g/mol. The van der Waals surface area contributed by atoms with Crippen molar-refractivity contribution >= 4 is 11.7 Å². The van der Waals surface area contributed by atoms with E-state index in [4.69, 9.17) is 4.98 Å². The summed E-state index contributed by atoms with van der Waals surface area (Å²) in [6.07, 6.45) is 0. The van der Waals surface area contributed by atoms with Gasteiger partial charge < -0.3 is 10.2 Å². The lowest BCUT2D eigenvalue weighted by Gasteiger charge is -2.38. The fourth-order valence-corrected chi connectivity index (χ4v) is 2.90. The van der Waals surface area contributed by atoms with Crippen molar-refractivity contribution in [3.8, 4) is 0 Å². The van der Waals surface area contributed by atoms with Crippen LogP contribution in [0.15, 0.2) is 6.07 Å². The Balaban J connectivity index is 1.99. The van der Waals surface area contributed by atoms with Crippen molar-refractivity contribution in [1.29, 1.82) is 0 Å². The molecule has 1 saturated heterocycles. The number of anilines is 1. The van der Waals surface area contributed by atoms with Crippen LogP contribution in [0, 0.1) is 6.92 Å². The van der Waals surface area contributed by atoms with Crippen molar-refractivity contribution in [3.63, 3.8) is 0 Å². The normalized spacial score (nSPS) is 17.4. The molecule has 1 unspecified atom stereocenters. The molecule has 0 aromatic carbocycles. The third-order valence-electron chi connectivity index (χ3n) is 4.37. The first-order chi connectivity index (χ1) is 11.3. The van der Waals surface area contributed by atoms with Crippen LogP contribution in [0.1, 0.15) is 52.1 Å². The molecule has 1 aliphatic heterocycles. The molecule has 1 N–H and O–H groups in total. The average Bonchev–Trinajstić information content (AvgIpc) is 2.53. The molecule has 2 heterocycles. The minimum absolute atomic E-state index is 0.0899. The first-order valence-electron chi connectivity index (χ1n) is 8.93. The molecule has 1 fully saturated rings. The zero-order chi connectivity index (χ0) is 17.9. The maximum Gasteiger partial charge on any atom is 0.237 e. The Morgan fingerprint density at radius 3 is 2.25 bits per heavy atom. The number of amides is 1. The molecule has 134 valence electrons. The number of nitrogens with one attached hydrogen (secondary N) is 1. The number of aromatic nitrogens is 2. The Bertz CT molecular complexity index is 565. The van der Waals surface area contributed by atoms with Crippen LogP contribution in [0.25, 0.3) is 0 Å². The number of nitrogens with zero attached hydrogens (tertiary/aromatic N) is 4. The third kappa shape index (κ3) is 4.66. The van der Waals surface area contributed by atoms with Gasteiger partial charge in [-0.3, -0.25) is 9.69 Å². The van der Waals surface area contributed by atoms with Crippen LogP contribution in [-0.4, -0.2) is 59.0 Å². The van der Waals surface area contributed by atoms with Gasteiger partial charge in [-0.2, -0.15) is 0 Å². The lowest BCUT2D eigenvalue weighted by atomic mass is 10.2. The molecule has 0 saturated carbocycles. The molecular weight excluding hydrogens is 302 g/mol. The molecule has 1 amide bonds. The summed E-state index contributed by atoms with van der Waals surface area (Å²) in [6, 6.07) is 2.14. The van der Waals surface area contributed by atoms with Gasteiger partial charge in [-0.15, -0.1) is 0 Å². The van der Waals surface area contributed by atoms with Crippen LogP contribution in [0.3, 0.4) is 0 Å². The summed E-state index contributed by atoms with van der Waals surface area (Å²) in [7, 11) is 0. The summed E-state index contributed by atoms with van der Waals surface area (Å²) in [5.41, 5.74) is 1.01. The largest absolute Gasteiger partial charge is 0.354 e. The third-order valence-corrected chi connectivity index (χ3v) is 4.37. The fourth-order valence-electron chi connectivity index (χ4n) is 2.90. The Morgan fingerprint density at radius 1 is 1.08 bits per heavy atom. The lowest BCUT2D eigenvalue weighted by molar-refractivity contribution is -0.126. The Hall–Kier alpha value is -1.69. The zero-order valence-corrected chi connectivity index (χ0v) is 15.8. The summed E-state index contributed by atoms with van der Waals surface area (Å²) < 4.78 is 0. The highest BCUT2D eigenvalue weighted by Crippen LogP contribution is 2.19. The highest BCUT2D eigenvalue weighted by Gasteiger charge is 2.26. The molecule has 0 spiro atoms. The summed E-state index contributed by atoms with van der Waals surface area (Å²) in [5, 5.41) is 3.00. The SMILES string of the molecule is Cc1cc(N2CCN(C(C)C(=O)NC(C)C)CC2)nc(C(C)C)n1. The molecule has 24 heavy (non-hydrogen) atoms. The van der Waals surface area contributed by atoms with Gasteiger partial charge in [0.05, 0.1) is 6.04 Å². The number of piperazine rings is 1. The van der Waals surface area contributed by atoms with E-state index >= 15 is 0 Å². The van der Waals surface area contributed by atoms with E-state index in [9.17, 15) is 4.79 Å². The minimum atomic E-state index is -0.0899. The van der Waals surface area contributed by atoms with Crippen molar-refractivity contribution in [2.75, 3.05) is 31.1 Å². The molecule has 1 aromatic heterocycles.